The summed E-state index contributed by atoms with van der Waals surface area (Å²) in [6.45, 7) is 1.05. The number of nitrogens with zero attached hydrogens (tertiary/aromatic N) is 2. The summed E-state index contributed by atoms with van der Waals surface area (Å²) in [6.07, 6.45) is 3.39. The molecule has 0 saturated heterocycles. The monoisotopic (exact) mass is 263 g/mol. The molecular weight excluding hydrogens is 250 g/mol. The Labute approximate surface area is 111 Å². The van der Waals surface area contributed by atoms with Crippen LogP contribution in [0.1, 0.15) is 11.4 Å². The van der Waals surface area contributed by atoms with E-state index in [1.54, 1.807) is 18.5 Å². The Morgan fingerprint density at radius 1 is 1.28 bits per heavy atom. The van der Waals surface area contributed by atoms with Gasteiger partial charge in [0, 0.05) is 29.5 Å². The van der Waals surface area contributed by atoms with E-state index in [1.807, 2.05) is 25.2 Å². The van der Waals surface area contributed by atoms with Gasteiger partial charge >= 0.3 is 0 Å². The molecule has 1 N–H and O–H groups in total. The van der Waals surface area contributed by atoms with E-state index >= 15 is 0 Å². The SMILES string of the molecule is CNCc1cc(Cl)ccc1OCc1ncccn1. The van der Waals surface area contributed by atoms with E-state index in [1.165, 1.54) is 0 Å². The third-order valence-electron chi connectivity index (χ3n) is 2.37. The molecule has 0 fully saturated rings. The van der Waals surface area contributed by atoms with Crippen LogP contribution in [0, 0.1) is 0 Å². The van der Waals surface area contributed by atoms with E-state index in [2.05, 4.69) is 15.3 Å². The number of benzene rings is 1. The van der Waals surface area contributed by atoms with Gasteiger partial charge < -0.3 is 10.1 Å². The van der Waals surface area contributed by atoms with Gasteiger partial charge in [-0.3, -0.25) is 0 Å². The van der Waals surface area contributed by atoms with Gasteiger partial charge in [-0.1, -0.05) is 11.6 Å². The summed E-state index contributed by atoms with van der Waals surface area (Å²) in [7, 11) is 1.88. The summed E-state index contributed by atoms with van der Waals surface area (Å²) in [5.74, 6) is 1.45. The predicted molar refractivity (Wildman–Crippen MR) is 70.6 cm³/mol. The second-order valence-corrected chi connectivity index (χ2v) is 4.17. The van der Waals surface area contributed by atoms with Crippen molar-refractivity contribution in [3.8, 4) is 5.75 Å². The fourth-order valence-electron chi connectivity index (χ4n) is 1.56. The molecule has 0 atom stereocenters. The molecule has 5 heteroatoms. The van der Waals surface area contributed by atoms with Gasteiger partial charge in [-0.05, 0) is 31.3 Å². The highest BCUT2D eigenvalue weighted by Gasteiger charge is 2.05. The van der Waals surface area contributed by atoms with Crippen molar-refractivity contribution in [2.75, 3.05) is 7.05 Å². The molecule has 0 unspecified atom stereocenters. The van der Waals surface area contributed by atoms with Gasteiger partial charge in [0.25, 0.3) is 0 Å². The number of hydrogen-bond donors (Lipinski definition) is 1. The van der Waals surface area contributed by atoms with Crippen molar-refractivity contribution in [1.82, 2.24) is 15.3 Å². The van der Waals surface area contributed by atoms with Crippen LogP contribution in [0.5, 0.6) is 5.75 Å². The summed E-state index contributed by atoms with van der Waals surface area (Å²) >= 11 is 5.96. The van der Waals surface area contributed by atoms with E-state index in [-0.39, 0.29) is 0 Å². The number of rotatable bonds is 5. The number of hydrogen-bond acceptors (Lipinski definition) is 4. The Balaban J connectivity index is 2.09. The van der Waals surface area contributed by atoms with Gasteiger partial charge in [0.1, 0.15) is 12.4 Å². The highest BCUT2D eigenvalue weighted by atomic mass is 35.5. The minimum atomic E-state index is 0.346. The second kappa shape index (κ2) is 6.33. The molecular formula is C13H14ClN3O. The first kappa shape index (κ1) is 12.8. The topological polar surface area (TPSA) is 47.0 Å². The second-order valence-electron chi connectivity index (χ2n) is 3.74. The van der Waals surface area contributed by atoms with E-state index in [0.717, 1.165) is 11.3 Å². The largest absolute Gasteiger partial charge is 0.485 e. The van der Waals surface area contributed by atoms with Crippen LogP contribution in [0.3, 0.4) is 0 Å². The Morgan fingerprint density at radius 2 is 2.06 bits per heavy atom. The molecule has 94 valence electrons. The highest BCUT2D eigenvalue weighted by Crippen LogP contribution is 2.23. The summed E-state index contributed by atoms with van der Waals surface area (Å²) in [4.78, 5) is 8.22. The zero-order valence-corrected chi connectivity index (χ0v) is 10.8. The highest BCUT2D eigenvalue weighted by molar-refractivity contribution is 6.30. The normalized spacial score (nSPS) is 10.3. The Kier molecular flexibility index (Phi) is 4.50. The molecule has 1 heterocycles. The number of nitrogens with one attached hydrogen (secondary N) is 1. The lowest BCUT2D eigenvalue weighted by atomic mass is 10.2. The molecule has 0 bridgehead atoms. The van der Waals surface area contributed by atoms with Gasteiger partial charge in [0.15, 0.2) is 5.82 Å². The van der Waals surface area contributed by atoms with Crippen LogP contribution in [0.2, 0.25) is 5.02 Å². The van der Waals surface area contributed by atoms with Crippen molar-refractivity contribution in [2.45, 2.75) is 13.2 Å². The van der Waals surface area contributed by atoms with Crippen LogP contribution >= 0.6 is 11.6 Å². The van der Waals surface area contributed by atoms with E-state index < -0.39 is 0 Å². The van der Waals surface area contributed by atoms with Crippen LogP contribution in [0.25, 0.3) is 0 Å². The lowest BCUT2D eigenvalue weighted by molar-refractivity contribution is 0.292. The van der Waals surface area contributed by atoms with Gasteiger partial charge in [0.05, 0.1) is 0 Å². The molecule has 0 saturated carbocycles. The quantitative estimate of drug-likeness (QED) is 0.900. The minimum Gasteiger partial charge on any atom is -0.485 e. The first-order chi connectivity index (χ1) is 8.79. The molecule has 1 aromatic carbocycles. The lowest BCUT2D eigenvalue weighted by Crippen LogP contribution is -2.08. The fraction of sp³-hybridized carbons (Fsp3) is 0.231. The van der Waals surface area contributed by atoms with Crippen LogP contribution in [-0.4, -0.2) is 17.0 Å². The predicted octanol–water partition coefficient (Wildman–Crippen LogP) is 2.43. The van der Waals surface area contributed by atoms with Crippen molar-refractivity contribution in [2.24, 2.45) is 0 Å². The Morgan fingerprint density at radius 3 is 2.78 bits per heavy atom. The van der Waals surface area contributed by atoms with Crippen molar-refractivity contribution in [1.29, 1.82) is 0 Å². The van der Waals surface area contributed by atoms with E-state index in [0.29, 0.717) is 24.0 Å². The van der Waals surface area contributed by atoms with Crippen molar-refractivity contribution < 1.29 is 4.74 Å². The number of aromatic nitrogens is 2. The molecule has 1 aromatic heterocycles. The first-order valence-corrected chi connectivity index (χ1v) is 5.99. The molecule has 0 aliphatic carbocycles. The fourth-order valence-corrected chi connectivity index (χ4v) is 1.76. The van der Waals surface area contributed by atoms with Gasteiger partial charge in [-0.2, -0.15) is 0 Å². The van der Waals surface area contributed by atoms with Gasteiger partial charge in [-0.25, -0.2) is 9.97 Å². The molecule has 0 aliphatic heterocycles. The third kappa shape index (κ3) is 3.42. The summed E-state index contributed by atoms with van der Waals surface area (Å²) < 4.78 is 5.71. The van der Waals surface area contributed by atoms with E-state index in [4.69, 9.17) is 16.3 Å². The first-order valence-electron chi connectivity index (χ1n) is 5.61. The summed E-state index contributed by atoms with van der Waals surface area (Å²) in [5, 5.41) is 3.78. The third-order valence-corrected chi connectivity index (χ3v) is 2.60. The summed E-state index contributed by atoms with van der Waals surface area (Å²) in [6, 6.07) is 7.33. The smallest absolute Gasteiger partial charge is 0.166 e. The van der Waals surface area contributed by atoms with Gasteiger partial charge in [0.2, 0.25) is 0 Å². The maximum absolute atomic E-state index is 5.96. The lowest BCUT2D eigenvalue weighted by Gasteiger charge is -2.11. The molecule has 0 radical (unpaired) electrons. The molecule has 2 rings (SSSR count). The number of ether oxygens (including phenoxy) is 1. The van der Waals surface area contributed by atoms with Crippen LogP contribution < -0.4 is 10.1 Å². The zero-order valence-electron chi connectivity index (χ0n) is 10.1. The maximum Gasteiger partial charge on any atom is 0.166 e. The van der Waals surface area contributed by atoms with Gasteiger partial charge in [-0.15, -0.1) is 0 Å². The Bertz CT molecular complexity index is 505. The molecule has 2 aromatic rings. The van der Waals surface area contributed by atoms with Crippen LogP contribution in [0.4, 0.5) is 0 Å². The van der Waals surface area contributed by atoms with Crippen LogP contribution in [0.15, 0.2) is 36.7 Å². The van der Waals surface area contributed by atoms with Crippen molar-refractivity contribution in [3.63, 3.8) is 0 Å². The standard InChI is InChI=1S/C13H14ClN3O/c1-15-8-10-7-11(14)3-4-12(10)18-9-13-16-5-2-6-17-13/h2-7,15H,8-9H2,1H3. The molecule has 0 amide bonds. The Hall–Kier alpha value is -1.65. The van der Waals surface area contributed by atoms with Crippen molar-refractivity contribution in [3.05, 3.63) is 53.1 Å². The molecule has 0 spiro atoms. The molecule has 0 aliphatic rings. The average Bonchev–Trinajstić information content (AvgIpc) is 2.39. The van der Waals surface area contributed by atoms with E-state index in [9.17, 15) is 0 Å². The zero-order chi connectivity index (χ0) is 12.8. The molecule has 4 nitrogen and oxygen atoms in total. The minimum absolute atomic E-state index is 0.346. The number of halogens is 1. The van der Waals surface area contributed by atoms with Crippen molar-refractivity contribution >= 4 is 11.6 Å². The maximum atomic E-state index is 5.96. The average molecular weight is 264 g/mol. The van der Waals surface area contributed by atoms with Crippen LogP contribution in [-0.2, 0) is 13.2 Å². The molecule has 18 heavy (non-hydrogen) atoms. The summed E-state index contributed by atoms with van der Waals surface area (Å²) in [5.41, 5.74) is 1.01.